The molecule has 1 aromatic rings. The third kappa shape index (κ3) is 4.20. The van der Waals surface area contributed by atoms with Crippen LogP contribution in [0.1, 0.15) is 24.9 Å². The minimum atomic E-state index is 0.354. The molecule has 0 saturated carbocycles. The van der Waals surface area contributed by atoms with E-state index in [0.29, 0.717) is 6.04 Å². The zero-order valence-corrected chi connectivity index (χ0v) is 10.1. The average molecular weight is 228 g/mol. The van der Waals surface area contributed by atoms with Crippen molar-refractivity contribution < 1.29 is 4.74 Å². The molecule has 2 nitrogen and oxygen atoms in total. The molecule has 0 heterocycles. The zero-order valence-electron chi connectivity index (χ0n) is 9.29. The Balaban J connectivity index is 2.65. The quantitative estimate of drug-likeness (QED) is 0.807. The van der Waals surface area contributed by atoms with E-state index in [4.69, 9.17) is 16.3 Å². The highest BCUT2D eigenvalue weighted by Crippen LogP contribution is 2.19. The van der Waals surface area contributed by atoms with Gasteiger partial charge in [0.1, 0.15) is 0 Å². The minimum absolute atomic E-state index is 0.354. The van der Waals surface area contributed by atoms with Gasteiger partial charge in [0.05, 0.1) is 0 Å². The Hall–Kier alpha value is -0.570. The van der Waals surface area contributed by atoms with Crippen molar-refractivity contribution in [2.45, 2.75) is 19.4 Å². The van der Waals surface area contributed by atoms with Crippen molar-refractivity contribution in [3.8, 4) is 0 Å². The summed E-state index contributed by atoms with van der Waals surface area (Å²) in [6.45, 7) is 3.83. The third-order valence-electron chi connectivity index (χ3n) is 2.33. The molecule has 15 heavy (non-hydrogen) atoms. The van der Waals surface area contributed by atoms with E-state index in [9.17, 15) is 0 Å². The summed E-state index contributed by atoms with van der Waals surface area (Å²) in [4.78, 5) is 0. The molecule has 1 atom stereocenters. The molecule has 3 heteroatoms. The Kier molecular flexibility index (Phi) is 5.69. The first-order valence-electron chi connectivity index (χ1n) is 5.25. The molecule has 1 rings (SSSR count). The Labute approximate surface area is 96.6 Å². The predicted molar refractivity (Wildman–Crippen MR) is 64.4 cm³/mol. The number of rotatable bonds is 6. The van der Waals surface area contributed by atoms with Crippen molar-refractivity contribution in [2.24, 2.45) is 0 Å². The number of hydrogen-bond donors (Lipinski definition) is 1. The van der Waals surface area contributed by atoms with E-state index in [-0.39, 0.29) is 0 Å². The smallest absolute Gasteiger partial charge is 0.0480 e. The molecule has 0 aliphatic carbocycles. The second kappa shape index (κ2) is 6.83. The van der Waals surface area contributed by atoms with E-state index in [1.807, 2.05) is 12.1 Å². The zero-order chi connectivity index (χ0) is 11.1. The van der Waals surface area contributed by atoms with Crippen molar-refractivity contribution in [2.75, 3.05) is 20.3 Å². The molecule has 0 aromatic heterocycles. The van der Waals surface area contributed by atoms with Crippen molar-refractivity contribution in [3.05, 3.63) is 34.9 Å². The lowest BCUT2D eigenvalue weighted by Gasteiger charge is -2.17. The van der Waals surface area contributed by atoms with E-state index >= 15 is 0 Å². The fourth-order valence-corrected chi connectivity index (χ4v) is 1.69. The monoisotopic (exact) mass is 227 g/mol. The summed E-state index contributed by atoms with van der Waals surface area (Å²) in [5.74, 6) is 0. The van der Waals surface area contributed by atoms with Crippen LogP contribution in [0.25, 0.3) is 0 Å². The lowest BCUT2D eigenvalue weighted by Crippen LogP contribution is -2.22. The van der Waals surface area contributed by atoms with Gasteiger partial charge in [0.2, 0.25) is 0 Å². The van der Waals surface area contributed by atoms with Crippen LogP contribution in [0, 0.1) is 0 Å². The maximum atomic E-state index is 5.85. The van der Waals surface area contributed by atoms with Crippen LogP contribution in [0.3, 0.4) is 0 Å². The van der Waals surface area contributed by atoms with Gasteiger partial charge >= 0.3 is 0 Å². The van der Waals surface area contributed by atoms with Gasteiger partial charge in [-0.1, -0.05) is 30.7 Å². The van der Waals surface area contributed by atoms with Gasteiger partial charge < -0.3 is 10.1 Å². The summed E-state index contributed by atoms with van der Waals surface area (Å²) in [6, 6.07) is 8.32. The van der Waals surface area contributed by atoms with E-state index < -0.39 is 0 Å². The summed E-state index contributed by atoms with van der Waals surface area (Å²) in [7, 11) is 1.73. The molecule has 1 N–H and O–H groups in total. The topological polar surface area (TPSA) is 21.3 Å². The molecule has 0 amide bonds. The van der Waals surface area contributed by atoms with E-state index in [2.05, 4.69) is 24.4 Å². The first kappa shape index (κ1) is 12.5. The molecule has 1 aromatic carbocycles. The Morgan fingerprint density at radius 3 is 2.53 bits per heavy atom. The molecule has 0 spiro atoms. The third-order valence-corrected chi connectivity index (χ3v) is 2.59. The lowest BCUT2D eigenvalue weighted by atomic mass is 10.0. The van der Waals surface area contributed by atoms with Gasteiger partial charge in [-0.25, -0.2) is 0 Å². The first-order chi connectivity index (χ1) is 7.27. The molecule has 84 valence electrons. The van der Waals surface area contributed by atoms with Crippen LogP contribution < -0.4 is 5.32 Å². The van der Waals surface area contributed by atoms with Crippen LogP contribution in [0.5, 0.6) is 0 Å². The van der Waals surface area contributed by atoms with Crippen molar-refractivity contribution in [3.63, 3.8) is 0 Å². The molecular formula is C12H18ClNO. The molecule has 1 unspecified atom stereocenters. The van der Waals surface area contributed by atoms with Gasteiger partial charge in [0.15, 0.2) is 0 Å². The number of methoxy groups -OCH3 is 1. The van der Waals surface area contributed by atoms with E-state index in [1.54, 1.807) is 7.11 Å². The highest BCUT2D eigenvalue weighted by Gasteiger charge is 2.09. The predicted octanol–water partition coefficient (Wildman–Crippen LogP) is 3.03. The fraction of sp³-hybridized carbons (Fsp3) is 0.500. The molecular weight excluding hydrogens is 210 g/mol. The summed E-state index contributed by atoms with van der Waals surface area (Å²) in [6.07, 6.45) is 0.978. The number of ether oxygens (including phenoxy) is 1. The summed E-state index contributed by atoms with van der Waals surface area (Å²) in [5, 5.41) is 4.21. The number of hydrogen-bond acceptors (Lipinski definition) is 2. The van der Waals surface area contributed by atoms with Crippen LogP contribution in [0.2, 0.25) is 5.02 Å². The van der Waals surface area contributed by atoms with E-state index in [1.165, 1.54) is 5.56 Å². The second-order valence-corrected chi connectivity index (χ2v) is 3.88. The van der Waals surface area contributed by atoms with Gasteiger partial charge in [-0.15, -0.1) is 0 Å². The molecule has 0 radical (unpaired) electrons. The normalized spacial score (nSPS) is 12.7. The maximum absolute atomic E-state index is 5.85. The van der Waals surface area contributed by atoms with E-state index in [0.717, 1.165) is 24.6 Å². The van der Waals surface area contributed by atoms with Crippen molar-refractivity contribution in [1.82, 2.24) is 5.32 Å². The van der Waals surface area contributed by atoms with Gasteiger partial charge in [-0.2, -0.15) is 0 Å². The average Bonchev–Trinajstić information content (AvgIpc) is 2.25. The van der Waals surface area contributed by atoms with Gasteiger partial charge in [-0.05, 0) is 30.7 Å². The number of nitrogens with one attached hydrogen (secondary N) is 1. The Bertz CT molecular complexity index is 273. The standard InChI is InChI=1S/C12H18ClNO/c1-3-14-12(8-9-15-2)10-4-6-11(13)7-5-10/h4-7,12,14H,3,8-9H2,1-2H3. The molecule has 0 bridgehead atoms. The molecule has 0 aliphatic heterocycles. The summed E-state index contributed by atoms with van der Waals surface area (Å²) >= 11 is 5.85. The van der Waals surface area contributed by atoms with Gasteiger partial charge in [-0.3, -0.25) is 0 Å². The molecule has 0 saturated heterocycles. The summed E-state index contributed by atoms with van der Waals surface area (Å²) in [5.41, 5.74) is 1.26. The van der Waals surface area contributed by atoms with Crippen LogP contribution in [0.15, 0.2) is 24.3 Å². The van der Waals surface area contributed by atoms with Crippen LogP contribution in [-0.2, 0) is 4.74 Å². The second-order valence-electron chi connectivity index (χ2n) is 3.44. The minimum Gasteiger partial charge on any atom is -0.385 e. The number of benzene rings is 1. The summed E-state index contributed by atoms with van der Waals surface area (Å²) < 4.78 is 5.10. The van der Waals surface area contributed by atoms with Crippen LogP contribution >= 0.6 is 11.6 Å². The SMILES string of the molecule is CCNC(CCOC)c1ccc(Cl)cc1. The highest BCUT2D eigenvalue weighted by atomic mass is 35.5. The molecule has 0 fully saturated rings. The number of halogens is 1. The van der Waals surface area contributed by atoms with Gasteiger partial charge in [0.25, 0.3) is 0 Å². The van der Waals surface area contributed by atoms with Crippen molar-refractivity contribution >= 4 is 11.6 Å². The maximum Gasteiger partial charge on any atom is 0.0480 e. The Morgan fingerprint density at radius 2 is 2.00 bits per heavy atom. The van der Waals surface area contributed by atoms with Crippen LogP contribution in [-0.4, -0.2) is 20.3 Å². The Morgan fingerprint density at radius 1 is 1.33 bits per heavy atom. The largest absolute Gasteiger partial charge is 0.385 e. The van der Waals surface area contributed by atoms with Gasteiger partial charge in [0, 0.05) is 24.8 Å². The van der Waals surface area contributed by atoms with Crippen molar-refractivity contribution in [1.29, 1.82) is 0 Å². The lowest BCUT2D eigenvalue weighted by molar-refractivity contribution is 0.183. The highest BCUT2D eigenvalue weighted by molar-refractivity contribution is 6.30. The van der Waals surface area contributed by atoms with Crippen LogP contribution in [0.4, 0.5) is 0 Å². The first-order valence-corrected chi connectivity index (χ1v) is 5.63. The fourth-order valence-electron chi connectivity index (χ4n) is 1.56. The molecule has 0 aliphatic rings.